The standard InChI is InChI=1S/C20H27N3O2/c1-16-6-4-8-19(17(16)2)22-9-11-23(12-10-22)20(24)15-21(3)14-18-7-5-13-25-18/h4-8,13H,9-12,14-15H2,1-3H3. The highest BCUT2D eigenvalue weighted by Crippen LogP contribution is 2.23. The van der Waals surface area contributed by atoms with E-state index in [1.54, 1.807) is 6.26 Å². The van der Waals surface area contributed by atoms with E-state index >= 15 is 0 Å². The van der Waals surface area contributed by atoms with Crippen LogP contribution in [0, 0.1) is 13.8 Å². The van der Waals surface area contributed by atoms with Crippen molar-refractivity contribution in [2.75, 3.05) is 44.7 Å². The summed E-state index contributed by atoms with van der Waals surface area (Å²) in [5, 5.41) is 0. The SMILES string of the molecule is Cc1cccc(N2CCN(C(=O)CN(C)Cc3ccco3)CC2)c1C. The summed E-state index contributed by atoms with van der Waals surface area (Å²) in [4.78, 5) is 18.9. The Bertz CT molecular complexity index is 704. The Morgan fingerprint density at radius 1 is 1.12 bits per heavy atom. The monoisotopic (exact) mass is 341 g/mol. The van der Waals surface area contributed by atoms with Crippen molar-refractivity contribution in [3.63, 3.8) is 0 Å². The summed E-state index contributed by atoms with van der Waals surface area (Å²) in [6.07, 6.45) is 1.66. The maximum absolute atomic E-state index is 12.5. The van der Waals surface area contributed by atoms with Gasteiger partial charge in [-0.15, -0.1) is 0 Å². The van der Waals surface area contributed by atoms with E-state index in [1.165, 1.54) is 16.8 Å². The smallest absolute Gasteiger partial charge is 0.236 e. The molecule has 0 bridgehead atoms. The molecule has 0 unspecified atom stereocenters. The Labute approximate surface area is 149 Å². The number of hydrogen-bond donors (Lipinski definition) is 0. The largest absolute Gasteiger partial charge is 0.468 e. The Kier molecular flexibility index (Phi) is 5.43. The minimum atomic E-state index is 0.190. The molecule has 0 N–H and O–H groups in total. The maximum Gasteiger partial charge on any atom is 0.236 e. The molecule has 2 aromatic rings. The van der Waals surface area contributed by atoms with Crippen LogP contribution >= 0.6 is 0 Å². The number of rotatable bonds is 5. The maximum atomic E-state index is 12.5. The van der Waals surface area contributed by atoms with Crippen molar-refractivity contribution in [1.29, 1.82) is 0 Å². The van der Waals surface area contributed by atoms with Crippen LogP contribution in [0.3, 0.4) is 0 Å². The van der Waals surface area contributed by atoms with Gasteiger partial charge in [-0.25, -0.2) is 0 Å². The van der Waals surface area contributed by atoms with E-state index in [9.17, 15) is 4.79 Å². The molecule has 1 aliphatic heterocycles. The molecule has 134 valence electrons. The molecule has 3 rings (SSSR count). The molecule has 1 aromatic carbocycles. The van der Waals surface area contributed by atoms with E-state index in [1.807, 2.05) is 29.0 Å². The van der Waals surface area contributed by atoms with Gasteiger partial charge >= 0.3 is 0 Å². The molecule has 0 saturated carbocycles. The molecule has 0 spiro atoms. The van der Waals surface area contributed by atoms with Gasteiger partial charge in [0.25, 0.3) is 0 Å². The fraction of sp³-hybridized carbons (Fsp3) is 0.450. The van der Waals surface area contributed by atoms with Crippen LogP contribution in [0.15, 0.2) is 41.0 Å². The van der Waals surface area contributed by atoms with E-state index in [0.717, 1.165) is 31.9 Å². The van der Waals surface area contributed by atoms with E-state index in [0.29, 0.717) is 13.1 Å². The van der Waals surface area contributed by atoms with Gasteiger partial charge in [0.05, 0.1) is 19.4 Å². The first-order valence-electron chi connectivity index (χ1n) is 8.84. The van der Waals surface area contributed by atoms with Gasteiger partial charge in [0.1, 0.15) is 5.76 Å². The Morgan fingerprint density at radius 3 is 2.56 bits per heavy atom. The van der Waals surface area contributed by atoms with Gasteiger partial charge in [-0.2, -0.15) is 0 Å². The molecule has 2 heterocycles. The zero-order valence-electron chi connectivity index (χ0n) is 15.4. The lowest BCUT2D eigenvalue weighted by Gasteiger charge is -2.37. The van der Waals surface area contributed by atoms with Crippen LogP contribution in [-0.2, 0) is 11.3 Å². The first kappa shape index (κ1) is 17.5. The number of benzene rings is 1. The van der Waals surface area contributed by atoms with Gasteiger partial charge in [-0.05, 0) is 50.2 Å². The summed E-state index contributed by atoms with van der Waals surface area (Å²) in [6.45, 7) is 8.72. The van der Waals surface area contributed by atoms with Crippen LogP contribution in [-0.4, -0.2) is 55.5 Å². The van der Waals surface area contributed by atoms with E-state index in [4.69, 9.17) is 4.42 Å². The molecule has 25 heavy (non-hydrogen) atoms. The second-order valence-corrected chi connectivity index (χ2v) is 6.84. The number of carbonyl (C=O) groups is 1. The predicted octanol–water partition coefficient (Wildman–Crippen LogP) is 2.68. The van der Waals surface area contributed by atoms with Crippen LogP contribution in [0.2, 0.25) is 0 Å². The summed E-state index contributed by atoms with van der Waals surface area (Å²) in [7, 11) is 1.95. The third kappa shape index (κ3) is 4.23. The summed E-state index contributed by atoms with van der Waals surface area (Å²) < 4.78 is 5.34. The van der Waals surface area contributed by atoms with Crippen molar-refractivity contribution >= 4 is 11.6 Å². The number of hydrogen-bond acceptors (Lipinski definition) is 4. The Balaban J connectivity index is 1.51. The minimum absolute atomic E-state index is 0.190. The van der Waals surface area contributed by atoms with Gasteiger partial charge in [0, 0.05) is 31.9 Å². The highest BCUT2D eigenvalue weighted by atomic mass is 16.3. The summed E-state index contributed by atoms with van der Waals surface area (Å²) >= 11 is 0. The van der Waals surface area contributed by atoms with Crippen LogP contribution in [0.25, 0.3) is 0 Å². The van der Waals surface area contributed by atoms with Crippen LogP contribution < -0.4 is 4.90 Å². The summed E-state index contributed by atoms with van der Waals surface area (Å²) in [5.41, 5.74) is 3.94. The van der Waals surface area contributed by atoms with Crippen molar-refractivity contribution in [2.45, 2.75) is 20.4 Å². The lowest BCUT2D eigenvalue weighted by atomic mass is 10.1. The number of piperazine rings is 1. The van der Waals surface area contributed by atoms with Crippen LogP contribution in [0.4, 0.5) is 5.69 Å². The average Bonchev–Trinajstić information content (AvgIpc) is 3.10. The van der Waals surface area contributed by atoms with Crippen molar-refractivity contribution in [3.8, 4) is 0 Å². The minimum Gasteiger partial charge on any atom is -0.468 e. The topological polar surface area (TPSA) is 39.9 Å². The number of furan rings is 1. The quantitative estimate of drug-likeness (QED) is 0.838. The normalized spacial score (nSPS) is 15.0. The van der Waals surface area contributed by atoms with Gasteiger partial charge in [-0.3, -0.25) is 9.69 Å². The highest BCUT2D eigenvalue weighted by Gasteiger charge is 2.23. The fourth-order valence-corrected chi connectivity index (χ4v) is 3.33. The van der Waals surface area contributed by atoms with Gasteiger partial charge < -0.3 is 14.2 Å². The zero-order chi connectivity index (χ0) is 17.8. The second kappa shape index (κ2) is 7.74. The predicted molar refractivity (Wildman–Crippen MR) is 99.8 cm³/mol. The van der Waals surface area contributed by atoms with Crippen molar-refractivity contribution < 1.29 is 9.21 Å². The first-order valence-corrected chi connectivity index (χ1v) is 8.84. The first-order chi connectivity index (χ1) is 12.0. The molecule has 1 amide bonds. The number of anilines is 1. The summed E-state index contributed by atoms with van der Waals surface area (Å²) in [6, 6.07) is 10.2. The molecular weight excluding hydrogens is 314 g/mol. The molecule has 5 heteroatoms. The lowest BCUT2D eigenvalue weighted by Crippen LogP contribution is -2.51. The van der Waals surface area contributed by atoms with E-state index < -0.39 is 0 Å². The summed E-state index contributed by atoms with van der Waals surface area (Å²) in [5.74, 6) is 1.07. The van der Waals surface area contributed by atoms with Gasteiger partial charge in [0.15, 0.2) is 0 Å². The Morgan fingerprint density at radius 2 is 1.88 bits per heavy atom. The number of amides is 1. The second-order valence-electron chi connectivity index (χ2n) is 6.84. The molecule has 0 atom stereocenters. The van der Waals surface area contributed by atoms with Crippen molar-refractivity contribution in [3.05, 3.63) is 53.5 Å². The third-order valence-electron chi connectivity index (χ3n) is 4.96. The van der Waals surface area contributed by atoms with Crippen LogP contribution in [0.5, 0.6) is 0 Å². The molecule has 1 aromatic heterocycles. The number of nitrogens with zero attached hydrogens (tertiary/aromatic N) is 3. The van der Waals surface area contributed by atoms with E-state index in [2.05, 4.69) is 36.9 Å². The average molecular weight is 341 g/mol. The number of carbonyl (C=O) groups excluding carboxylic acids is 1. The molecule has 1 fully saturated rings. The molecule has 1 saturated heterocycles. The highest BCUT2D eigenvalue weighted by molar-refractivity contribution is 5.78. The van der Waals surface area contributed by atoms with Gasteiger partial charge in [0.2, 0.25) is 5.91 Å². The van der Waals surface area contributed by atoms with Crippen LogP contribution in [0.1, 0.15) is 16.9 Å². The number of likely N-dealkylation sites (N-methyl/N-ethyl adjacent to an activating group) is 1. The molecular formula is C20H27N3O2. The lowest BCUT2D eigenvalue weighted by molar-refractivity contribution is -0.132. The van der Waals surface area contributed by atoms with Gasteiger partial charge in [-0.1, -0.05) is 12.1 Å². The molecule has 5 nitrogen and oxygen atoms in total. The molecule has 0 aliphatic carbocycles. The zero-order valence-corrected chi connectivity index (χ0v) is 15.4. The third-order valence-corrected chi connectivity index (χ3v) is 4.96. The fourth-order valence-electron chi connectivity index (χ4n) is 3.33. The van der Waals surface area contributed by atoms with E-state index in [-0.39, 0.29) is 5.91 Å². The van der Waals surface area contributed by atoms with Crippen molar-refractivity contribution in [2.24, 2.45) is 0 Å². The number of aryl methyl sites for hydroxylation is 1. The molecule has 0 radical (unpaired) electrons. The van der Waals surface area contributed by atoms with Crippen molar-refractivity contribution in [1.82, 2.24) is 9.80 Å². The Hall–Kier alpha value is -2.27. The molecule has 1 aliphatic rings.